The van der Waals surface area contributed by atoms with Crippen LogP contribution < -0.4 is 0 Å². The molecule has 14 rings (SSSR count). The minimum atomic E-state index is -0.605. The Kier molecular flexibility index (Phi) is 8.45. The Labute approximate surface area is 396 Å². The quantitative estimate of drug-likeness (QED) is 0.172. The van der Waals surface area contributed by atoms with Gasteiger partial charge in [-0.25, -0.2) is 9.97 Å². The summed E-state index contributed by atoms with van der Waals surface area (Å²) in [6.07, 6.45) is 0. The number of nitrogens with zero attached hydrogens (tertiary/aromatic N) is 2. The van der Waals surface area contributed by atoms with E-state index in [-0.39, 0.29) is 0 Å². The van der Waals surface area contributed by atoms with Crippen LogP contribution >= 0.6 is 0 Å². The van der Waals surface area contributed by atoms with Crippen LogP contribution in [0.1, 0.15) is 44.5 Å². The van der Waals surface area contributed by atoms with Gasteiger partial charge in [-0.2, -0.15) is 0 Å². The molecule has 3 aliphatic carbocycles. The van der Waals surface area contributed by atoms with Crippen molar-refractivity contribution in [3.63, 3.8) is 0 Å². The lowest BCUT2D eigenvalue weighted by Crippen LogP contribution is -2.43. The van der Waals surface area contributed by atoms with Crippen molar-refractivity contribution in [2.45, 2.75) is 10.8 Å². The van der Waals surface area contributed by atoms with Crippen molar-refractivity contribution >= 4 is 0 Å². The van der Waals surface area contributed by atoms with Gasteiger partial charge in [0.2, 0.25) is 0 Å². The van der Waals surface area contributed by atoms with Crippen LogP contribution in [-0.4, -0.2) is 9.97 Å². The van der Waals surface area contributed by atoms with Crippen molar-refractivity contribution in [2.75, 3.05) is 0 Å². The maximum Gasteiger partial charge on any atom is 0.160 e. The molecule has 0 N–H and O–H groups in total. The van der Waals surface area contributed by atoms with Gasteiger partial charge in [-0.05, 0) is 101 Å². The molecule has 0 radical (unpaired) electrons. The van der Waals surface area contributed by atoms with Gasteiger partial charge in [-0.1, -0.05) is 243 Å². The van der Waals surface area contributed by atoms with Crippen LogP contribution in [0.15, 0.2) is 255 Å². The Morgan fingerprint density at radius 1 is 0.206 bits per heavy atom. The van der Waals surface area contributed by atoms with E-state index in [1.165, 1.54) is 83.5 Å². The number of rotatable bonds is 5. The molecule has 2 heteroatoms. The van der Waals surface area contributed by atoms with Gasteiger partial charge in [0.15, 0.2) is 5.82 Å². The first kappa shape index (κ1) is 38.5. The first-order chi connectivity index (χ1) is 33.7. The van der Waals surface area contributed by atoms with E-state index in [0.29, 0.717) is 5.82 Å². The summed E-state index contributed by atoms with van der Waals surface area (Å²) >= 11 is 0. The van der Waals surface area contributed by atoms with Gasteiger partial charge in [-0.3, -0.25) is 0 Å². The molecule has 1 aromatic heterocycles. The van der Waals surface area contributed by atoms with Crippen LogP contribution in [0.25, 0.3) is 78.4 Å². The lowest BCUT2D eigenvalue weighted by atomic mass is 9.52. The van der Waals surface area contributed by atoms with Crippen LogP contribution in [0.4, 0.5) is 0 Å². The minimum Gasteiger partial charge on any atom is -0.228 e. The normalized spacial score (nSPS) is 13.8. The van der Waals surface area contributed by atoms with Crippen molar-refractivity contribution in [1.29, 1.82) is 0 Å². The van der Waals surface area contributed by atoms with Gasteiger partial charge in [0.05, 0.1) is 22.2 Å². The predicted molar refractivity (Wildman–Crippen MR) is 277 cm³/mol. The molecule has 2 spiro atoms. The largest absolute Gasteiger partial charge is 0.228 e. The zero-order valence-electron chi connectivity index (χ0n) is 37.1. The molecule has 0 bridgehead atoms. The summed E-state index contributed by atoms with van der Waals surface area (Å²) in [6, 6.07) is 93.6. The van der Waals surface area contributed by atoms with Gasteiger partial charge < -0.3 is 0 Å². The number of hydrogen-bond acceptors (Lipinski definition) is 2. The molecular formula is C66H42N2. The standard InChI is InChI=1S/C66H42N2/c1-3-17-43(18-4-1)45-31-35-47(36-32-45)62-42-63(68-64(67-62)48-37-33-46(34-38-48)44-19-5-2-6-20-44)49-39-40-53-52-23-9-12-26-56(52)66(61(53)41-49)59-29-15-13-27-57(59)65(58-28-14-16-30-60(58)66)54-24-10-7-21-50(54)51-22-8-11-25-55(51)65/h1-42H. The van der Waals surface area contributed by atoms with Crippen LogP contribution in [0.2, 0.25) is 0 Å². The topological polar surface area (TPSA) is 25.8 Å². The van der Waals surface area contributed by atoms with E-state index in [1.807, 2.05) is 0 Å². The van der Waals surface area contributed by atoms with Crippen molar-refractivity contribution < 1.29 is 0 Å². The number of aromatic nitrogens is 2. The molecule has 11 aromatic rings. The number of hydrogen-bond donors (Lipinski definition) is 0. The molecule has 0 amide bonds. The summed E-state index contributed by atoms with van der Waals surface area (Å²) in [5.74, 6) is 0.691. The average molecular weight is 863 g/mol. The van der Waals surface area contributed by atoms with Crippen LogP contribution in [-0.2, 0) is 10.8 Å². The third-order valence-corrected chi connectivity index (χ3v) is 15.0. The van der Waals surface area contributed by atoms with E-state index in [9.17, 15) is 0 Å². The second-order valence-electron chi connectivity index (χ2n) is 18.3. The smallest absolute Gasteiger partial charge is 0.160 e. The zero-order chi connectivity index (χ0) is 44.8. The maximum atomic E-state index is 5.46. The summed E-state index contributed by atoms with van der Waals surface area (Å²) in [7, 11) is 0. The molecule has 0 saturated carbocycles. The highest BCUT2D eigenvalue weighted by molar-refractivity contribution is 5.94. The third kappa shape index (κ3) is 5.40. The molecule has 68 heavy (non-hydrogen) atoms. The van der Waals surface area contributed by atoms with Crippen molar-refractivity contribution in [1.82, 2.24) is 9.97 Å². The van der Waals surface area contributed by atoms with Gasteiger partial charge in [0.25, 0.3) is 0 Å². The molecular weight excluding hydrogens is 821 g/mol. The molecule has 2 nitrogen and oxygen atoms in total. The third-order valence-electron chi connectivity index (χ3n) is 15.0. The minimum absolute atomic E-state index is 0.497. The lowest BCUT2D eigenvalue weighted by Gasteiger charge is -2.48. The van der Waals surface area contributed by atoms with Crippen molar-refractivity contribution in [3.8, 4) is 78.4 Å². The summed E-state index contributed by atoms with van der Waals surface area (Å²) in [4.78, 5) is 10.8. The van der Waals surface area contributed by atoms with E-state index in [1.54, 1.807) is 0 Å². The maximum absolute atomic E-state index is 5.46. The molecule has 0 saturated heterocycles. The highest BCUT2D eigenvalue weighted by Gasteiger charge is 2.58. The summed E-state index contributed by atoms with van der Waals surface area (Å²) < 4.78 is 0. The fourth-order valence-corrected chi connectivity index (χ4v) is 12.2. The Balaban J connectivity index is 0.996. The molecule has 3 aliphatic rings. The van der Waals surface area contributed by atoms with E-state index in [4.69, 9.17) is 9.97 Å². The van der Waals surface area contributed by atoms with E-state index in [0.717, 1.165) is 33.6 Å². The van der Waals surface area contributed by atoms with Gasteiger partial charge in [0.1, 0.15) is 0 Å². The van der Waals surface area contributed by atoms with Gasteiger partial charge in [-0.15, -0.1) is 0 Å². The van der Waals surface area contributed by atoms with Crippen molar-refractivity contribution in [3.05, 3.63) is 299 Å². The highest BCUT2D eigenvalue weighted by atomic mass is 14.9. The fourth-order valence-electron chi connectivity index (χ4n) is 12.2. The van der Waals surface area contributed by atoms with Crippen LogP contribution in [0.3, 0.4) is 0 Å². The molecule has 10 aromatic carbocycles. The van der Waals surface area contributed by atoms with E-state index in [2.05, 4.69) is 255 Å². The van der Waals surface area contributed by atoms with E-state index >= 15 is 0 Å². The second-order valence-corrected chi connectivity index (χ2v) is 18.3. The molecule has 0 atom stereocenters. The lowest BCUT2D eigenvalue weighted by molar-refractivity contribution is 0.633. The van der Waals surface area contributed by atoms with Crippen LogP contribution in [0, 0.1) is 0 Å². The monoisotopic (exact) mass is 862 g/mol. The summed E-state index contributed by atoms with van der Waals surface area (Å²) in [5.41, 5.74) is 24.1. The van der Waals surface area contributed by atoms with Gasteiger partial charge in [0, 0.05) is 16.7 Å². The SMILES string of the molecule is c1ccc(-c2ccc(-c3cc(-c4ccc5c(c4)C4(c6ccccc6-5)c5ccccc5C5(c6ccccc6-c6ccccc65)c5ccccc54)nc(-c4ccc(-c5ccccc5)cc4)n3)cc2)cc1. The molecule has 1 heterocycles. The first-order valence-corrected chi connectivity index (χ1v) is 23.6. The second kappa shape index (κ2) is 14.9. The molecule has 0 unspecified atom stereocenters. The molecule has 316 valence electrons. The Morgan fingerprint density at radius 3 is 0.971 bits per heavy atom. The summed E-state index contributed by atoms with van der Waals surface area (Å²) in [6.45, 7) is 0. The number of benzene rings is 10. The fraction of sp³-hybridized carbons (Fsp3) is 0.0303. The van der Waals surface area contributed by atoms with Gasteiger partial charge >= 0.3 is 0 Å². The Bertz CT molecular complexity index is 3580. The average Bonchev–Trinajstić information content (AvgIpc) is 3.89. The molecule has 0 aliphatic heterocycles. The Hall–Kier alpha value is -8.72. The van der Waals surface area contributed by atoms with Crippen molar-refractivity contribution in [2.24, 2.45) is 0 Å². The summed E-state index contributed by atoms with van der Waals surface area (Å²) in [5, 5.41) is 0. The van der Waals surface area contributed by atoms with Crippen LogP contribution in [0.5, 0.6) is 0 Å². The Morgan fingerprint density at radius 2 is 0.515 bits per heavy atom. The first-order valence-electron chi connectivity index (χ1n) is 23.6. The highest BCUT2D eigenvalue weighted by Crippen LogP contribution is 2.67. The van der Waals surface area contributed by atoms with E-state index < -0.39 is 10.8 Å². The number of fused-ring (bicyclic) bond motifs is 16. The zero-order valence-corrected chi connectivity index (χ0v) is 37.1. The molecule has 0 fully saturated rings. The predicted octanol–water partition coefficient (Wildman–Crippen LogP) is 15.9.